The fourth-order valence-corrected chi connectivity index (χ4v) is 1.82. The Morgan fingerprint density at radius 1 is 1.56 bits per heavy atom. The molecule has 1 rings (SSSR count). The number of nitriles is 1. The molecule has 0 radical (unpaired) electrons. The van der Waals surface area contributed by atoms with Gasteiger partial charge in [-0.3, -0.25) is 0 Å². The third-order valence-corrected chi connectivity index (χ3v) is 2.74. The zero-order chi connectivity index (χ0) is 14.1. The van der Waals surface area contributed by atoms with Crippen molar-refractivity contribution in [2.45, 2.75) is 11.3 Å². The highest BCUT2D eigenvalue weighted by Gasteiger charge is 2.31. The number of halogens is 2. The van der Waals surface area contributed by atoms with Gasteiger partial charge >= 0.3 is 12.2 Å². The Kier molecular flexibility index (Phi) is 3.54. The van der Waals surface area contributed by atoms with Crippen molar-refractivity contribution >= 4 is 15.8 Å². The van der Waals surface area contributed by atoms with Gasteiger partial charge < -0.3 is 10.1 Å². The van der Waals surface area contributed by atoms with E-state index in [1.54, 1.807) is 0 Å². The van der Waals surface area contributed by atoms with Crippen LogP contribution in [0.15, 0.2) is 11.0 Å². The molecule has 11 heteroatoms. The van der Waals surface area contributed by atoms with E-state index in [1.165, 1.54) is 6.07 Å². The topological polar surface area (TPSA) is 140 Å². The van der Waals surface area contributed by atoms with E-state index in [4.69, 9.17) is 10.4 Å². The van der Waals surface area contributed by atoms with Gasteiger partial charge in [-0.1, -0.05) is 0 Å². The molecule has 0 saturated carbocycles. The number of nitro groups is 1. The van der Waals surface area contributed by atoms with E-state index in [0.717, 1.165) is 0 Å². The molecule has 2 N–H and O–H groups in total. The Bertz CT molecular complexity index is 652. The highest BCUT2D eigenvalue weighted by atomic mass is 32.2. The van der Waals surface area contributed by atoms with Crippen LogP contribution in [-0.4, -0.2) is 18.3 Å². The summed E-state index contributed by atoms with van der Waals surface area (Å²) in [7, 11) is -4.56. The van der Waals surface area contributed by atoms with Crippen LogP contribution in [-0.2, 0) is 10.0 Å². The maximum Gasteiger partial charge on any atom is 0.365 e. The molecule has 0 saturated heterocycles. The first-order valence-corrected chi connectivity index (χ1v) is 5.63. The minimum atomic E-state index is -4.56. The van der Waals surface area contributed by atoms with Gasteiger partial charge in [0, 0.05) is 0 Å². The van der Waals surface area contributed by atoms with Gasteiger partial charge in [-0.05, 0) is 9.91 Å². The molecule has 0 aromatic carbocycles. The molecule has 0 aliphatic rings. The Balaban J connectivity index is 3.80. The number of nitrogens with two attached hydrogens (primary N) is 1. The lowest BCUT2D eigenvalue weighted by atomic mass is 10.2. The molecular formula is C7H4F2N4O4S. The van der Waals surface area contributed by atoms with Gasteiger partial charge in [0.1, 0.15) is 16.5 Å². The van der Waals surface area contributed by atoms with Gasteiger partial charge in [0.15, 0.2) is 0 Å². The summed E-state index contributed by atoms with van der Waals surface area (Å²) in [5.74, 6) is -1.13. The number of aromatic nitrogens is 1. The van der Waals surface area contributed by atoms with Crippen LogP contribution in [0.25, 0.3) is 0 Å². The van der Waals surface area contributed by atoms with Gasteiger partial charge in [0.05, 0.1) is 6.07 Å². The fourth-order valence-electron chi connectivity index (χ4n) is 1.12. The lowest BCUT2D eigenvalue weighted by Gasteiger charge is -2.03. The molecule has 1 aromatic heterocycles. The third kappa shape index (κ3) is 2.55. The van der Waals surface area contributed by atoms with Crippen LogP contribution in [0.2, 0.25) is 0 Å². The minimum Gasteiger partial charge on any atom is -0.358 e. The van der Waals surface area contributed by atoms with E-state index in [2.05, 4.69) is 4.98 Å². The molecule has 18 heavy (non-hydrogen) atoms. The second-order valence-corrected chi connectivity index (χ2v) is 4.48. The normalized spacial score (nSPS) is 11.3. The standard InChI is InChI=1S/C7H4F2N4O4S/c8-7(9)6-3(2-10)4(18(11,16)17)1-5(12-6)13(14)15/h1,7H,(H2,11,16,17). The predicted molar refractivity (Wildman–Crippen MR) is 51.9 cm³/mol. The van der Waals surface area contributed by atoms with Crippen molar-refractivity contribution in [1.82, 2.24) is 4.98 Å². The van der Waals surface area contributed by atoms with Crippen LogP contribution in [0.3, 0.4) is 0 Å². The monoisotopic (exact) mass is 278 g/mol. The summed E-state index contributed by atoms with van der Waals surface area (Å²) < 4.78 is 47.3. The van der Waals surface area contributed by atoms with Gasteiger partial charge in [0.2, 0.25) is 15.7 Å². The van der Waals surface area contributed by atoms with Gasteiger partial charge in [-0.15, -0.1) is 0 Å². The summed E-state index contributed by atoms with van der Waals surface area (Å²) in [5, 5.41) is 23.8. The summed E-state index contributed by atoms with van der Waals surface area (Å²) in [5.41, 5.74) is -2.30. The number of pyridine rings is 1. The molecule has 0 spiro atoms. The van der Waals surface area contributed by atoms with Crippen molar-refractivity contribution in [3.8, 4) is 6.07 Å². The molecule has 0 atom stereocenters. The molecule has 0 aliphatic carbocycles. The Labute approximate surface area is 98.9 Å². The van der Waals surface area contributed by atoms with E-state index in [9.17, 15) is 27.3 Å². The van der Waals surface area contributed by atoms with E-state index >= 15 is 0 Å². The number of primary sulfonamides is 1. The van der Waals surface area contributed by atoms with E-state index in [-0.39, 0.29) is 0 Å². The summed E-state index contributed by atoms with van der Waals surface area (Å²) in [6.07, 6.45) is -3.35. The largest absolute Gasteiger partial charge is 0.365 e. The van der Waals surface area contributed by atoms with Crippen molar-refractivity contribution in [3.05, 3.63) is 27.4 Å². The second-order valence-electron chi connectivity index (χ2n) is 2.95. The van der Waals surface area contributed by atoms with E-state index < -0.39 is 43.3 Å². The van der Waals surface area contributed by atoms with Gasteiger partial charge in [-0.25, -0.2) is 22.3 Å². The summed E-state index contributed by atoms with van der Waals surface area (Å²) in [6.45, 7) is 0. The second kappa shape index (κ2) is 4.59. The van der Waals surface area contributed by atoms with Crippen LogP contribution in [0.5, 0.6) is 0 Å². The average molecular weight is 278 g/mol. The van der Waals surface area contributed by atoms with E-state index in [1.807, 2.05) is 0 Å². The van der Waals surface area contributed by atoms with Crippen LogP contribution in [0, 0.1) is 21.4 Å². The minimum absolute atomic E-state index is 0.361. The molecule has 0 fully saturated rings. The predicted octanol–water partition coefficient (Wildman–Crippen LogP) is 0.446. The van der Waals surface area contributed by atoms with Crippen molar-refractivity contribution < 1.29 is 22.1 Å². The fraction of sp³-hybridized carbons (Fsp3) is 0.143. The highest BCUT2D eigenvalue weighted by molar-refractivity contribution is 7.89. The molecule has 8 nitrogen and oxygen atoms in total. The third-order valence-electron chi connectivity index (χ3n) is 1.81. The van der Waals surface area contributed by atoms with Crippen LogP contribution >= 0.6 is 0 Å². The lowest BCUT2D eigenvalue weighted by Crippen LogP contribution is -2.16. The number of alkyl halides is 2. The molecule has 0 amide bonds. The first-order chi connectivity index (χ1) is 8.18. The maximum atomic E-state index is 12.6. The molecule has 1 heterocycles. The van der Waals surface area contributed by atoms with Crippen LogP contribution in [0.4, 0.5) is 14.6 Å². The average Bonchev–Trinajstić information content (AvgIpc) is 2.25. The van der Waals surface area contributed by atoms with Crippen molar-refractivity contribution in [1.29, 1.82) is 5.26 Å². The van der Waals surface area contributed by atoms with Crippen molar-refractivity contribution in [2.75, 3.05) is 0 Å². The number of rotatable bonds is 3. The zero-order valence-electron chi connectivity index (χ0n) is 8.37. The van der Waals surface area contributed by atoms with Crippen molar-refractivity contribution in [3.63, 3.8) is 0 Å². The smallest absolute Gasteiger partial charge is 0.358 e. The number of hydrogen-bond donors (Lipinski definition) is 1. The highest BCUT2D eigenvalue weighted by Crippen LogP contribution is 2.28. The lowest BCUT2D eigenvalue weighted by molar-refractivity contribution is -0.390. The summed E-state index contributed by atoms with van der Waals surface area (Å²) in [6, 6.07) is 1.55. The summed E-state index contributed by atoms with van der Waals surface area (Å²) in [4.78, 5) is 11.1. The first kappa shape index (κ1) is 13.9. The molecule has 0 aliphatic heterocycles. The van der Waals surface area contributed by atoms with Gasteiger partial charge in [-0.2, -0.15) is 5.26 Å². The van der Waals surface area contributed by atoms with E-state index in [0.29, 0.717) is 6.07 Å². The van der Waals surface area contributed by atoms with Crippen molar-refractivity contribution in [2.24, 2.45) is 5.14 Å². The Hall–Kier alpha value is -2.19. The number of hydrogen-bond acceptors (Lipinski definition) is 6. The van der Waals surface area contributed by atoms with Crippen LogP contribution < -0.4 is 5.14 Å². The molecule has 96 valence electrons. The Morgan fingerprint density at radius 3 is 2.44 bits per heavy atom. The molecular weight excluding hydrogens is 274 g/mol. The maximum absolute atomic E-state index is 12.6. The summed E-state index contributed by atoms with van der Waals surface area (Å²) >= 11 is 0. The zero-order valence-corrected chi connectivity index (χ0v) is 9.19. The van der Waals surface area contributed by atoms with Crippen LogP contribution in [0.1, 0.15) is 17.7 Å². The quantitative estimate of drug-likeness (QED) is 0.628. The Morgan fingerprint density at radius 2 is 2.11 bits per heavy atom. The number of nitrogens with zero attached hydrogens (tertiary/aromatic N) is 3. The van der Waals surface area contributed by atoms with Gasteiger partial charge in [0.25, 0.3) is 0 Å². The number of sulfonamides is 1. The first-order valence-electron chi connectivity index (χ1n) is 4.09. The molecule has 1 aromatic rings. The SMILES string of the molecule is N#Cc1c(S(N)(=O)=O)cc([N+](=O)[O-])nc1C(F)F. The molecule has 0 unspecified atom stereocenters. The molecule has 0 bridgehead atoms.